The number of ether oxygens (including phenoxy) is 1. The van der Waals surface area contributed by atoms with E-state index in [1.807, 2.05) is 43.3 Å². The Balaban J connectivity index is 1.71. The van der Waals surface area contributed by atoms with E-state index in [1.165, 1.54) is 12.8 Å². The second-order valence-corrected chi connectivity index (χ2v) is 4.88. The van der Waals surface area contributed by atoms with Crippen molar-refractivity contribution in [3.8, 4) is 17.1 Å². The van der Waals surface area contributed by atoms with Gasteiger partial charge in [-0.2, -0.15) is 0 Å². The van der Waals surface area contributed by atoms with Gasteiger partial charge in [0.25, 0.3) is 0 Å². The summed E-state index contributed by atoms with van der Waals surface area (Å²) in [5.41, 5.74) is 1.06. The molecule has 1 aliphatic rings. The van der Waals surface area contributed by atoms with Gasteiger partial charge < -0.3 is 14.5 Å². The van der Waals surface area contributed by atoms with Crippen LogP contribution < -0.4 is 10.1 Å². The summed E-state index contributed by atoms with van der Waals surface area (Å²) < 4.78 is 11.4. The fourth-order valence-corrected chi connectivity index (χ4v) is 2.07. The molecular weight excluding hydrogens is 238 g/mol. The second-order valence-electron chi connectivity index (χ2n) is 4.88. The molecule has 1 aromatic carbocycles. The van der Waals surface area contributed by atoms with Gasteiger partial charge in [-0.25, -0.2) is 0 Å². The van der Waals surface area contributed by atoms with Crippen molar-refractivity contribution in [2.45, 2.75) is 32.4 Å². The second kappa shape index (κ2) is 5.49. The summed E-state index contributed by atoms with van der Waals surface area (Å²) in [6.45, 7) is 3.48. The molecule has 1 fully saturated rings. The summed E-state index contributed by atoms with van der Waals surface area (Å²) in [6.07, 6.45) is 2.59. The van der Waals surface area contributed by atoms with E-state index in [4.69, 9.17) is 9.15 Å². The number of benzene rings is 1. The summed E-state index contributed by atoms with van der Waals surface area (Å²) in [4.78, 5) is 0. The quantitative estimate of drug-likeness (QED) is 0.858. The minimum Gasteiger partial charge on any atom is -0.494 e. The first-order valence-corrected chi connectivity index (χ1v) is 6.90. The molecule has 1 aliphatic carbocycles. The van der Waals surface area contributed by atoms with E-state index in [2.05, 4.69) is 5.32 Å². The van der Waals surface area contributed by atoms with Crippen molar-refractivity contribution in [2.24, 2.45) is 0 Å². The first-order valence-electron chi connectivity index (χ1n) is 6.90. The van der Waals surface area contributed by atoms with Gasteiger partial charge >= 0.3 is 0 Å². The van der Waals surface area contributed by atoms with Crippen LogP contribution in [-0.2, 0) is 6.54 Å². The number of nitrogens with one attached hydrogen (secondary N) is 1. The van der Waals surface area contributed by atoms with E-state index in [0.29, 0.717) is 12.6 Å². The monoisotopic (exact) mass is 257 g/mol. The fourth-order valence-electron chi connectivity index (χ4n) is 2.07. The molecule has 0 aliphatic heterocycles. The van der Waals surface area contributed by atoms with Crippen molar-refractivity contribution in [3.05, 3.63) is 42.2 Å². The third kappa shape index (κ3) is 3.18. The molecule has 3 rings (SSSR count). The van der Waals surface area contributed by atoms with Gasteiger partial charge in [0.05, 0.1) is 13.2 Å². The lowest BCUT2D eigenvalue weighted by Gasteiger charge is -2.04. The van der Waals surface area contributed by atoms with E-state index < -0.39 is 0 Å². The van der Waals surface area contributed by atoms with Crippen molar-refractivity contribution in [1.82, 2.24) is 5.32 Å². The summed E-state index contributed by atoms with van der Waals surface area (Å²) in [5.74, 6) is 2.77. The van der Waals surface area contributed by atoms with E-state index >= 15 is 0 Å². The molecule has 0 spiro atoms. The topological polar surface area (TPSA) is 34.4 Å². The molecule has 2 aromatic rings. The van der Waals surface area contributed by atoms with Crippen LogP contribution in [0.25, 0.3) is 11.3 Å². The lowest BCUT2D eigenvalue weighted by Crippen LogP contribution is -2.14. The molecule has 0 atom stereocenters. The van der Waals surface area contributed by atoms with Crippen molar-refractivity contribution < 1.29 is 9.15 Å². The largest absolute Gasteiger partial charge is 0.494 e. The Morgan fingerprint density at radius 1 is 1.26 bits per heavy atom. The standard InChI is InChI=1S/C16H19NO2/c1-2-18-14-5-3-4-12(10-14)16-9-8-15(19-16)11-17-13-6-7-13/h3-5,8-10,13,17H,2,6-7,11H2,1H3. The van der Waals surface area contributed by atoms with Gasteiger partial charge in [0, 0.05) is 11.6 Å². The molecule has 0 unspecified atom stereocenters. The van der Waals surface area contributed by atoms with Gasteiger partial charge in [-0.1, -0.05) is 12.1 Å². The molecule has 1 saturated carbocycles. The highest BCUT2D eigenvalue weighted by Crippen LogP contribution is 2.26. The van der Waals surface area contributed by atoms with Gasteiger partial charge in [0.1, 0.15) is 17.3 Å². The third-order valence-corrected chi connectivity index (χ3v) is 3.23. The van der Waals surface area contributed by atoms with Crippen molar-refractivity contribution in [2.75, 3.05) is 6.61 Å². The Kier molecular flexibility index (Phi) is 3.56. The lowest BCUT2D eigenvalue weighted by atomic mass is 10.1. The van der Waals surface area contributed by atoms with E-state index in [0.717, 1.165) is 29.4 Å². The molecule has 0 radical (unpaired) electrons. The number of furan rings is 1. The van der Waals surface area contributed by atoms with Crippen LogP contribution in [0.1, 0.15) is 25.5 Å². The zero-order valence-electron chi connectivity index (χ0n) is 11.2. The molecule has 0 amide bonds. The first kappa shape index (κ1) is 12.3. The highest BCUT2D eigenvalue weighted by Gasteiger charge is 2.20. The van der Waals surface area contributed by atoms with Crippen LogP contribution in [0.15, 0.2) is 40.8 Å². The highest BCUT2D eigenvalue weighted by atomic mass is 16.5. The molecule has 3 nitrogen and oxygen atoms in total. The molecule has 1 heterocycles. The zero-order chi connectivity index (χ0) is 13.1. The fraction of sp³-hybridized carbons (Fsp3) is 0.375. The normalized spacial score (nSPS) is 14.6. The Morgan fingerprint density at radius 2 is 2.16 bits per heavy atom. The maximum Gasteiger partial charge on any atom is 0.134 e. The minimum atomic E-state index is 0.679. The first-order chi connectivity index (χ1) is 9.35. The summed E-state index contributed by atoms with van der Waals surface area (Å²) in [6, 6.07) is 12.8. The van der Waals surface area contributed by atoms with Gasteiger partial charge in [-0.3, -0.25) is 0 Å². The van der Waals surface area contributed by atoms with E-state index in [1.54, 1.807) is 0 Å². The average molecular weight is 257 g/mol. The summed E-state index contributed by atoms with van der Waals surface area (Å²) >= 11 is 0. The minimum absolute atomic E-state index is 0.679. The average Bonchev–Trinajstić information content (AvgIpc) is 3.14. The van der Waals surface area contributed by atoms with Crippen LogP contribution in [-0.4, -0.2) is 12.6 Å². The van der Waals surface area contributed by atoms with Crippen molar-refractivity contribution in [3.63, 3.8) is 0 Å². The van der Waals surface area contributed by atoms with Crippen LogP contribution >= 0.6 is 0 Å². The van der Waals surface area contributed by atoms with Crippen LogP contribution in [0.3, 0.4) is 0 Å². The molecular formula is C16H19NO2. The molecule has 3 heteroatoms. The number of hydrogen-bond donors (Lipinski definition) is 1. The van der Waals surface area contributed by atoms with Crippen LogP contribution in [0, 0.1) is 0 Å². The molecule has 19 heavy (non-hydrogen) atoms. The SMILES string of the molecule is CCOc1cccc(-c2ccc(CNC3CC3)o2)c1. The van der Waals surface area contributed by atoms with Gasteiger partial charge in [0.2, 0.25) is 0 Å². The van der Waals surface area contributed by atoms with Crippen LogP contribution in [0.4, 0.5) is 0 Å². The molecule has 1 aromatic heterocycles. The Bertz CT molecular complexity index is 543. The maximum absolute atomic E-state index is 5.86. The number of rotatable bonds is 6. The van der Waals surface area contributed by atoms with Crippen molar-refractivity contribution >= 4 is 0 Å². The van der Waals surface area contributed by atoms with Crippen LogP contribution in [0.5, 0.6) is 5.75 Å². The molecule has 1 N–H and O–H groups in total. The summed E-state index contributed by atoms with van der Waals surface area (Å²) in [5, 5.41) is 3.45. The van der Waals surface area contributed by atoms with Crippen LogP contribution in [0.2, 0.25) is 0 Å². The third-order valence-electron chi connectivity index (χ3n) is 3.23. The van der Waals surface area contributed by atoms with E-state index in [-0.39, 0.29) is 0 Å². The zero-order valence-corrected chi connectivity index (χ0v) is 11.2. The molecule has 100 valence electrons. The Hall–Kier alpha value is -1.74. The van der Waals surface area contributed by atoms with Crippen molar-refractivity contribution in [1.29, 1.82) is 0 Å². The Labute approximate surface area is 113 Å². The van der Waals surface area contributed by atoms with Gasteiger partial charge in [-0.05, 0) is 44.0 Å². The highest BCUT2D eigenvalue weighted by molar-refractivity contribution is 5.59. The Morgan fingerprint density at radius 3 is 2.95 bits per heavy atom. The lowest BCUT2D eigenvalue weighted by molar-refractivity contribution is 0.340. The van der Waals surface area contributed by atoms with E-state index in [9.17, 15) is 0 Å². The summed E-state index contributed by atoms with van der Waals surface area (Å²) in [7, 11) is 0. The predicted octanol–water partition coefficient (Wildman–Crippen LogP) is 3.60. The molecule has 0 bridgehead atoms. The van der Waals surface area contributed by atoms with Gasteiger partial charge in [0.15, 0.2) is 0 Å². The number of hydrogen-bond acceptors (Lipinski definition) is 3. The molecule has 0 saturated heterocycles. The predicted molar refractivity (Wildman–Crippen MR) is 75.2 cm³/mol. The van der Waals surface area contributed by atoms with Gasteiger partial charge in [-0.15, -0.1) is 0 Å². The smallest absolute Gasteiger partial charge is 0.134 e. The maximum atomic E-state index is 5.86.